The Bertz CT molecular complexity index is 637. The summed E-state index contributed by atoms with van der Waals surface area (Å²) in [5.74, 6) is -1.04. The molecule has 1 heterocycles. The molecule has 2 aromatic rings. The number of amides is 2. The van der Waals surface area contributed by atoms with Crippen LogP contribution in [-0.2, 0) is 4.79 Å². The van der Waals surface area contributed by atoms with E-state index in [2.05, 4.69) is 15.7 Å². The molecule has 0 aliphatic carbocycles. The van der Waals surface area contributed by atoms with E-state index in [1.807, 2.05) is 0 Å². The second-order valence-electron chi connectivity index (χ2n) is 4.26. The van der Waals surface area contributed by atoms with Crippen molar-refractivity contribution in [3.63, 3.8) is 0 Å². The predicted octanol–water partition coefficient (Wildman–Crippen LogP) is 0.877. The third-order valence-electron chi connectivity index (χ3n) is 2.70. The number of carbonyl (C=O) groups is 2. The van der Waals surface area contributed by atoms with Gasteiger partial charge in [-0.15, -0.1) is 0 Å². The molecule has 110 valence electrons. The molecule has 21 heavy (non-hydrogen) atoms. The minimum absolute atomic E-state index is 0.101. The van der Waals surface area contributed by atoms with Gasteiger partial charge in [-0.25, -0.2) is 9.07 Å². The van der Waals surface area contributed by atoms with E-state index in [0.717, 1.165) is 0 Å². The van der Waals surface area contributed by atoms with Crippen LogP contribution < -0.4 is 10.6 Å². The van der Waals surface area contributed by atoms with Gasteiger partial charge in [0.1, 0.15) is 5.82 Å². The van der Waals surface area contributed by atoms with Crippen molar-refractivity contribution >= 4 is 11.8 Å². The third-order valence-corrected chi connectivity index (χ3v) is 2.70. The highest BCUT2D eigenvalue weighted by Gasteiger charge is 2.11. The normalized spacial score (nSPS) is 10.2. The van der Waals surface area contributed by atoms with E-state index < -0.39 is 5.91 Å². The highest BCUT2D eigenvalue weighted by atomic mass is 19.1. The van der Waals surface area contributed by atoms with Crippen molar-refractivity contribution in [3.8, 4) is 5.69 Å². The second-order valence-corrected chi connectivity index (χ2v) is 4.26. The first-order valence-corrected chi connectivity index (χ1v) is 6.46. The summed E-state index contributed by atoms with van der Waals surface area (Å²) in [6.07, 6.45) is 1.59. The SMILES string of the molecule is CCNC(=O)CNC(=O)c1ccn(-c2ccc(F)cc2)n1. The van der Waals surface area contributed by atoms with Crippen LogP contribution in [0.4, 0.5) is 4.39 Å². The largest absolute Gasteiger partial charge is 0.355 e. The Morgan fingerprint density at radius 3 is 2.57 bits per heavy atom. The van der Waals surface area contributed by atoms with E-state index in [1.165, 1.54) is 22.9 Å². The lowest BCUT2D eigenvalue weighted by molar-refractivity contribution is -0.120. The van der Waals surface area contributed by atoms with Gasteiger partial charge in [0.15, 0.2) is 5.69 Å². The Balaban J connectivity index is 2.00. The number of hydrogen-bond donors (Lipinski definition) is 2. The highest BCUT2D eigenvalue weighted by molar-refractivity contribution is 5.94. The van der Waals surface area contributed by atoms with E-state index >= 15 is 0 Å². The molecule has 1 aromatic heterocycles. The molecule has 0 saturated carbocycles. The molecule has 0 aliphatic rings. The lowest BCUT2D eigenvalue weighted by Gasteiger charge is -2.03. The molecule has 2 rings (SSSR count). The van der Waals surface area contributed by atoms with Crippen LogP contribution in [0.25, 0.3) is 5.69 Å². The zero-order valence-electron chi connectivity index (χ0n) is 11.5. The molecule has 0 radical (unpaired) electrons. The van der Waals surface area contributed by atoms with E-state index in [4.69, 9.17) is 0 Å². The molecule has 0 bridgehead atoms. The van der Waals surface area contributed by atoms with Gasteiger partial charge in [-0.2, -0.15) is 5.10 Å². The summed E-state index contributed by atoms with van der Waals surface area (Å²) in [4.78, 5) is 23.1. The van der Waals surface area contributed by atoms with Gasteiger partial charge < -0.3 is 10.6 Å². The molecule has 0 unspecified atom stereocenters. The summed E-state index contributed by atoms with van der Waals surface area (Å²) in [5.41, 5.74) is 0.822. The Labute approximate surface area is 121 Å². The number of rotatable bonds is 5. The highest BCUT2D eigenvalue weighted by Crippen LogP contribution is 2.08. The van der Waals surface area contributed by atoms with Crippen molar-refractivity contribution in [2.24, 2.45) is 0 Å². The van der Waals surface area contributed by atoms with Crippen molar-refractivity contribution in [2.75, 3.05) is 13.1 Å². The smallest absolute Gasteiger partial charge is 0.272 e. The van der Waals surface area contributed by atoms with Gasteiger partial charge in [-0.3, -0.25) is 9.59 Å². The number of nitrogens with zero attached hydrogens (tertiary/aromatic N) is 2. The zero-order valence-corrected chi connectivity index (χ0v) is 11.5. The number of aromatic nitrogens is 2. The topological polar surface area (TPSA) is 76.0 Å². The van der Waals surface area contributed by atoms with Gasteiger partial charge in [0.2, 0.25) is 5.91 Å². The quantitative estimate of drug-likeness (QED) is 0.858. The molecule has 7 heteroatoms. The van der Waals surface area contributed by atoms with Crippen LogP contribution in [0, 0.1) is 5.82 Å². The maximum absolute atomic E-state index is 12.8. The first-order chi connectivity index (χ1) is 10.1. The minimum Gasteiger partial charge on any atom is -0.355 e. The first-order valence-electron chi connectivity index (χ1n) is 6.46. The van der Waals surface area contributed by atoms with Crippen LogP contribution >= 0.6 is 0 Å². The molecule has 2 N–H and O–H groups in total. The van der Waals surface area contributed by atoms with Gasteiger partial charge in [0.05, 0.1) is 12.2 Å². The van der Waals surface area contributed by atoms with Crippen molar-refractivity contribution < 1.29 is 14.0 Å². The molecule has 0 fully saturated rings. The monoisotopic (exact) mass is 290 g/mol. The molecule has 0 spiro atoms. The van der Waals surface area contributed by atoms with E-state index in [-0.39, 0.29) is 24.0 Å². The lowest BCUT2D eigenvalue weighted by atomic mass is 10.3. The molecule has 0 atom stereocenters. The fraction of sp³-hybridized carbons (Fsp3) is 0.214. The average molecular weight is 290 g/mol. The summed E-state index contributed by atoms with van der Waals surface area (Å²) in [7, 11) is 0. The van der Waals surface area contributed by atoms with Crippen molar-refractivity contribution in [2.45, 2.75) is 6.92 Å². The van der Waals surface area contributed by atoms with Gasteiger partial charge in [-0.05, 0) is 37.3 Å². The second kappa shape index (κ2) is 6.65. The molecular formula is C14H15FN4O2. The fourth-order valence-corrected chi connectivity index (χ4v) is 1.69. The fourth-order valence-electron chi connectivity index (χ4n) is 1.69. The van der Waals surface area contributed by atoms with Crippen LogP contribution in [0.5, 0.6) is 0 Å². The number of carbonyl (C=O) groups excluding carboxylic acids is 2. The summed E-state index contributed by atoms with van der Waals surface area (Å²) in [6, 6.07) is 7.26. The maximum atomic E-state index is 12.8. The van der Waals surface area contributed by atoms with Crippen LogP contribution in [0.15, 0.2) is 36.5 Å². The standard InChI is InChI=1S/C14H15FN4O2/c1-2-16-13(20)9-17-14(21)12-7-8-19(18-12)11-5-3-10(15)4-6-11/h3-8H,2,9H2,1H3,(H,16,20)(H,17,21). The molecule has 2 amide bonds. The van der Waals surface area contributed by atoms with Crippen LogP contribution in [0.3, 0.4) is 0 Å². The average Bonchev–Trinajstić information content (AvgIpc) is 2.96. The van der Waals surface area contributed by atoms with Crippen molar-refractivity contribution in [1.29, 1.82) is 0 Å². The number of nitrogens with one attached hydrogen (secondary N) is 2. The minimum atomic E-state index is -0.442. The summed E-state index contributed by atoms with van der Waals surface area (Å²) >= 11 is 0. The van der Waals surface area contributed by atoms with Crippen LogP contribution in [0.1, 0.15) is 17.4 Å². The van der Waals surface area contributed by atoms with Crippen LogP contribution in [-0.4, -0.2) is 34.7 Å². The van der Waals surface area contributed by atoms with Gasteiger partial charge in [0.25, 0.3) is 5.91 Å². The van der Waals surface area contributed by atoms with Crippen LogP contribution in [0.2, 0.25) is 0 Å². The molecule has 0 saturated heterocycles. The van der Waals surface area contributed by atoms with E-state index in [1.54, 1.807) is 25.3 Å². The number of halogens is 1. The van der Waals surface area contributed by atoms with E-state index in [9.17, 15) is 14.0 Å². The number of hydrogen-bond acceptors (Lipinski definition) is 3. The lowest BCUT2D eigenvalue weighted by Crippen LogP contribution is -2.36. The molecule has 0 aliphatic heterocycles. The molecule has 6 nitrogen and oxygen atoms in total. The zero-order chi connectivity index (χ0) is 15.2. The van der Waals surface area contributed by atoms with Gasteiger partial charge >= 0.3 is 0 Å². The number of benzene rings is 1. The Morgan fingerprint density at radius 1 is 1.19 bits per heavy atom. The Kier molecular flexibility index (Phi) is 4.65. The Hall–Kier alpha value is -2.70. The third kappa shape index (κ3) is 3.88. The Morgan fingerprint density at radius 2 is 1.90 bits per heavy atom. The van der Waals surface area contributed by atoms with Gasteiger partial charge in [0, 0.05) is 12.7 Å². The number of likely N-dealkylation sites (N-methyl/N-ethyl adjacent to an activating group) is 1. The van der Waals surface area contributed by atoms with Crippen molar-refractivity contribution in [1.82, 2.24) is 20.4 Å². The molecule has 1 aromatic carbocycles. The summed E-state index contributed by atoms with van der Waals surface area (Å²) in [6.45, 7) is 2.20. The maximum Gasteiger partial charge on any atom is 0.272 e. The first kappa shape index (κ1) is 14.7. The van der Waals surface area contributed by atoms with Crippen molar-refractivity contribution in [3.05, 3.63) is 48.0 Å². The molecular weight excluding hydrogens is 275 g/mol. The summed E-state index contributed by atoms with van der Waals surface area (Å²) < 4.78 is 14.3. The van der Waals surface area contributed by atoms with Gasteiger partial charge in [-0.1, -0.05) is 0 Å². The van der Waals surface area contributed by atoms with E-state index in [0.29, 0.717) is 12.2 Å². The predicted molar refractivity (Wildman–Crippen MR) is 74.5 cm³/mol. The summed E-state index contributed by atoms with van der Waals surface area (Å²) in [5, 5.41) is 9.13.